The first kappa shape index (κ1) is 15.3. The molecule has 126 valence electrons. The highest BCUT2D eigenvalue weighted by Crippen LogP contribution is 2.23. The molecule has 0 saturated carbocycles. The molecule has 0 spiro atoms. The highest BCUT2D eigenvalue weighted by Gasteiger charge is 2.18. The number of benzene rings is 2. The fraction of sp³-hybridized carbons (Fsp3) is 0.125. The van der Waals surface area contributed by atoms with Crippen LogP contribution in [-0.4, -0.2) is 29.8 Å². The number of hydrogen-bond donors (Lipinski definition) is 0. The molecule has 0 radical (unpaired) electrons. The molecule has 2 aromatic carbocycles. The number of fused-ring (bicyclic) bond motifs is 1. The van der Waals surface area contributed by atoms with E-state index in [-0.39, 0.29) is 24.0 Å². The van der Waals surface area contributed by atoms with E-state index in [2.05, 4.69) is 20.4 Å². The fourth-order valence-corrected chi connectivity index (χ4v) is 2.57. The molecule has 0 N–H and O–H groups in total. The second-order valence-corrected chi connectivity index (χ2v) is 5.31. The minimum absolute atomic E-state index is 0.0623. The van der Waals surface area contributed by atoms with Crippen molar-refractivity contribution in [2.75, 3.05) is 0 Å². The van der Waals surface area contributed by atoms with Crippen LogP contribution in [0.2, 0.25) is 0 Å². The lowest BCUT2D eigenvalue weighted by atomic mass is 10.2. The zero-order valence-corrected chi connectivity index (χ0v) is 12.7. The van der Waals surface area contributed by atoms with E-state index in [9.17, 15) is 13.2 Å². The van der Waals surface area contributed by atoms with Crippen molar-refractivity contribution >= 4 is 11.0 Å². The minimum Gasteiger partial charge on any atom is -0.269 e. The van der Waals surface area contributed by atoms with Crippen LogP contribution in [0, 0.1) is 5.82 Å². The van der Waals surface area contributed by atoms with Crippen LogP contribution < -0.4 is 0 Å². The first-order valence-electron chi connectivity index (χ1n) is 7.39. The molecule has 6 nitrogen and oxygen atoms in total. The Morgan fingerprint density at radius 2 is 1.76 bits per heavy atom. The Hall–Kier alpha value is -3.23. The van der Waals surface area contributed by atoms with Gasteiger partial charge in [-0.05, 0) is 41.6 Å². The van der Waals surface area contributed by atoms with Gasteiger partial charge in [0.05, 0.1) is 11.0 Å². The first-order valence-corrected chi connectivity index (χ1v) is 7.39. The third kappa shape index (κ3) is 2.84. The molecule has 0 saturated heterocycles. The van der Waals surface area contributed by atoms with E-state index in [4.69, 9.17) is 0 Å². The molecule has 0 unspecified atom stereocenters. The molecule has 0 aliphatic carbocycles. The van der Waals surface area contributed by atoms with E-state index < -0.39 is 6.55 Å². The minimum atomic E-state index is -2.73. The molecular formula is C16H11F3N6. The number of imidazole rings is 1. The molecule has 25 heavy (non-hydrogen) atoms. The molecule has 0 amide bonds. The molecule has 2 heterocycles. The summed E-state index contributed by atoms with van der Waals surface area (Å²) in [6, 6.07) is 12.3. The van der Waals surface area contributed by atoms with Crippen LogP contribution in [-0.2, 0) is 6.54 Å². The lowest BCUT2D eigenvalue weighted by molar-refractivity contribution is 0.0708. The summed E-state index contributed by atoms with van der Waals surface area (Å²) in [7, 11) is 0. The van der Waals surface area contributed by atoms with E-state index in [0.29, 0.717) is 16.6 Å². The number of para-hydroxylation sites is 2. The second kappa shape index (κ2) is 6.00. The Balaban J connectivity index is 1.68. The summed E-state index contributed by atoms with van der Waals surface area (Å²) >= 11 is 0. The molecule has 9 heteroatoms. The number of nitrogens with zero attached hydrogens (tertiary/aromatic N) is 6. The molecule has 0 fully saturated rings. The van der Waals surface area contributed by atoms with Gasteiger partial charge in [-0.25, -0.2) is 9.37 Å². The van der Waals surface area contributed by atoms with Crippen LogP contribution in [0.4, 0.5) is 13.2 Å². The van der Waals surface area contributed by atoms with Crippen LogP contribution in [0.3, 0.4) is 0 Å². The maximum absolute atomic E-state index is 13.4. The summed E-state index contributed by atoms with van der Waals surface area (Å²) in [5, 5.41) is 11.9. The summed E-state index contributed by atoms with van der Waals surface area (Å²) < 4.78 is 40.7. The van der Waals surface area contributed by atoms with Crippen LogP contribution in [0.5, 0.6) is 0 Å². The van der Waals surface area contributed by atoms with Gasteiger partial charge in [0.2, 0.25) is 5.82 Å². The third-order valence-electron chi connectivity index (χ3n) is 3.70. The van der Waals surface area contributed by atoms with Gasteiger partial charge in [-0.15, -0.1) is 10.2 Å². The molecular weight excluding hydrogens is 333 g/mol. The quantitative estimate of drug-likeness (QED) is 0.570. The van der Waals surface area contributed by atoms with E-state index in [1.807, 2.05) is 0 Å². The van der Waals surface area contributed by atoms with Gasteiger partial charge in [-0.3, -0.25) is 4.57 Å². The van der Waals surface area contributed by atoms with Gasteiger partial charge >= 0.3 is 6.55 Å². The van der Waals surface area contributed by atoms with Gasteiger partial charge in [0.15, 0.2) is 0 Å². The van der Waals surface area contributed by atoms with Gasteiger partial charge in [-0.1, -0.05) is 12.1 Å². The largest absolute Gasteiger partial charge is 0.320 e. The number of hydrogen-bond acceptors (Lipinski definition) is 4. The average molecular weight is 344 g/mol. The molecule has 0 atom stereocenters. The Labute approximate surface area is 139 Å². The molecule has 0 bridgehead atoms. The maximum atomic E-state index is 13.4. The van der Waals surface area contributed by atoms with Crippen molar-refractivity contribution in [2.24, 2.45) is 0 Å². The van der Waals surface area contributed by atoms with Crippen molar-refractivity contribution in [3.8, 4) is 11.4 Å². The number of halogens is 3. The van der Waals surface area contributed by atoms with Crippen LogP contribution in [0.25, 0.3) is 22.4 Å². The Morgan fingerprint density at radius 1 is 1.00 bits per heavy atom. The standard InChI is InChI=1S/C16H11F3N6/c17-11-7-5-10(6-8-11)15-21-23-24(22-15)9-14-20-12-3-1-2-4-13(12)25(14)16(18)19/h1-8,16H,9H2. The van der Waals surface area contributed by atoms with Gasteiger partial charge in [0.1, 0.15) is 18.2 Å². The van der Waals surface area contributed by atoms with Gasteiger partial charge < -0.3 is 0 Å². The van der Waals surface area contributed by atoms with E-state index in [0.717, 1.165) is 4.57 Å². The summed E-state index contributed by atoms with van der Waals surface area (Å²) in [6.07, 6.45) is 0. The number of alkyl halides is 2. The number of aromatic nitrogens is 6. The Morgan fingerprint density at radius 3 is 2.52 bits per heavy atom. The molecule has 0 aliphatic heterocycles. The van der Waals surface area contributed by atoms with Crippen molar-refractivity contribution in [2.45, 2.75) is 13.1 Å². The van der Waals surface area contributed by atoms with Crippen LogP contribution >= 0.6 is 0 Å². The van der Waals surface area contributed by atoms with Crippen LogP contribution in [0.15, 0.2) is 48.5 Å². The molecule has 4 rings (SSSR count). The highest BCUT2D eigenvalue weighted by molar-refractivity contribution is 5.76. The van der Waals surface area contributed by atoms with Crippen molar-refractivity contribution in [1.29, 1.82) is 0 Å². The Bertz CT molecular complexity index is 1020. The summed E-state index contributed by atoms with van der Waals surface area (Å²) in [5.74, 6) is 0.0285. The van der Waals surface area contributed by atoms with E-state index in [1.54, 1.807) is 24.3 Å². The van der Waals surface area contributed by atoms with Gasteiger partial charge in [0, 0.05) is 5.56 Å². The van der Waals surface area contributed by atoms with Crippen molar-refractivity contribution in [3.05, 3.63) is 60.2 Å². The topological polar surface area (TPSA) is 61.4 Å². The zero-order valence-electron chi connectivity index (χ0n) is 12.7. The Kier molecular flexibility index (Phi) is 3.68. The molecule has 4 aromatic rings. The monoisotopic (exact) mass is 344 g/mol. The average Bonchev–Trinajstić information content (AvgIpc) is 3.20. The lowest BCUT2D eigenvalue weighted by Crippen LogP contribution is -2.11. The number of tetrazole rings is 1. The lowest BCUT2D eigenvalue weighted by Gasteiger charge is -2.06. The SMILES string of the molecule is Fc1ccc(-c2nnn(Cc3nc4ccccc4n3C(F)F)n2)cc1. The fourth-order valence-electron chi connectivity index (χ4n) is 2.57. The maximum Gasteiger partial charge on any atom is 0.320 e. The predicted molar refractivity (Wildman–Crippen MR) is 83.3 cm³/mol. The van der Waals surface area contributed by atoms with Crippen molar-refractivity contribution < 1.29 is 13.2 Å². The summed E-state index contributed by atoms with van der Waals surface area (Å²) in [4.78, 5) is 5.41. The van der Waals surface area contributed by atoms with Crippen LogP contribution in [0.1, 0.15) is 12.4 Å². The van der Waals surface area contributed by atoms with E-state index >= 15 is 0 Å². The summed E-state index contributed by atoms with van der Waals surface area (Å²) in [6.45, 7) is -2.80. The zero-order chi connectivity index (χ0) is 17.4. The van der Waals surface area contributed by atoms with Gasteiger partial charge in [0.25, 0.3) is 0 Å². The highest BCUT2D eigenvalue weighted by atomic mass is 19.3. The first-order chi connectivity index (χ1) is 12.1. The predicted octanol–water partition coefficient (Wildman–Crippen LogP) is 3.27. The van der Waals surface area contributed by atoms with Crippen molar-refractivity contribution in [3.63, 3.8) is 0 Å². The third-order valence-corrected chi connectivity index (χ3v) is 3.70. The smallest absolute Gasteiger partial charge is 0.269 e. The summed E-state index contributed by atoms with van der Waals surface area (Å²) in [5.41, 5.74) is 1.39. The normalized spacial score (nSPS) is 11.5. The number of rotatable bonds is 4. The van der Waals surface area contributed by atoms with Gasteiger partial charge in [-0.2, -0.15) is 13.6 Å². The molecule has 0 aliphatic rings. The second-order valence-electron chi connectivity index (χ2n) is 5.31. The van der Waals surface area contributed by atoms with Crippen molar-refractivity contribution in [1.82, 2.24) is 29.8 Å². The van der Waals surface area contributed by atoms with E-state index in [1.165, 1.54) is 29.1 Å². The molecule has 2 aromatic heterocycles.